The predicted octanol–water partition coefficient (Wildman–Crippen LogP) is 5.55. The number of carboxylic acids is 1. The van der Waals surface area contributed by atoms with Crippen LogP contribution in [0.3, 0.4) is 0 Å². The Labute approximate surface area is 167 Å². The van der Waals surface area contributed by atoms with Crippen LogP contribution in [0.5, 0.6) is 5.75 Å². The van der Waals surface area contributed by atoms with Gasteiger partial charge < -0.3 is 9.84 Å². The first kappa shape index (κ1) is 20.6. The zero-order valence-corrected chi connectivity index (χ0v) is 16.5. The number of hydrogen-bond acceptors (Lipinski definition) is 4. The first-order valence-corrected chi connectivity index (χ1v) is 10.3. The number of aliphatic carboxylic acids is 1. The van der Waals surface area contributed by atoms with Crippen molar-refractivity contribution in [2.45, 2.75) is 49.3 Å². The summed E-state index contributed by atoms with van der Waals surface area (Å²) in [4.78, 5) is 15.4. The zero-order chi connectivity index (χ0) is 20.1. The monoisotopic (exact) mass is 407 g/mol. The normalized spacial score (nSPS) is 15.1. The van der Waals surface area contributed by atoms with Crippen LogP contribution in [0.15, 0.2) is 35.5 Å². The number of benzene rings is 1. The van der Waals surface area contributed by atoms with Crippen molar-refractivity contribution >= 4 is 17.7 Å². The van der Waals surface area contributed by atoms with E-state index in [4.69, 9.17) is 9.84 Å². The van der Waals surface area contributed by atoms with E-state index >= 15 is 0 Å². The molecule has 1 aromatic heterocycles. The van der Waals surface area contributed by atoms with Gasteiger partial charge in [0, 0.05) is 17.0 Å². The molecule has 1 N–H and O–H groups in total. The van der Waals surface area contributed by atoms with E-state index < -0.39 is 29.3 Å². The van der Waals surface area contributed by atoms with Gasteiger partial charge in [0.15, 0.2) is 17.4 Å². The third-order valence-corrected chi connectivity index (χ3v) is 6.32. The molecule has 1 atom stereocenters. The van der Waals surface area contributed by atoms with Crippen molar-refractivity contribution in [3.8, 4) is 16.9 Å². The number of aromatic nitrogens is 1. The van der Waals surface area contributed by atoms with Crippen LogP contribution in [0.25, 0.3) is 11.1 Å². The van der Waals surface area contributed by atoms with E-state index in [1.54, 1.807) is 37.0 Å². The predicted molar refractivity (Wildman–Crippen MR) is 105 cm³/mol. The topological polar surface area (TPSA) is 59.4 Å². The summed E-state index contributed by atoms with van der Waals surface area (Å²) in [6.07, 6.45) is 5.77. The van der Waals surface area contributed by atoms with E-state index in [1.165, 1.54) is 18.6 Å². The molecule has 1 aromatic carbocycles. The molecule has 4 nitrogen and oxygen atoms in total. The van der Waals surface area contributed by atoms with E-state index in [1.807, 2.05) is 0 Å². The Kier molecular flexibility index (Phi) is 6.88. The lowest BCUT2D eigenvalue weighted by atomic mass is 10.00. The minimum atomic E-state index is -0.935. The minimum Gasteiger partial charge on any atom is -0.488 e. The van der Waals surface area contributed by atoms with Gasteiger partial charge in [-0.2, -0.15) is 0 Å². The summed E-state index contributed by atoms with van der Waals surface area (Å²) in [6.45, 7) is 1.69. The number of carbonyl (C=O) groups is 1. The molecule has 7 heteroatoms. The molecule has 0 radical (unpaired) electrons. The maximum Gasteiger partial charge on any atom is 0.306 e. The maximum atomic E-state index is 14.5. The molecule has 1 aliphatic rings. The average molecular weight is 407 g/mol. The second kappa shape index (κ2) is 9.37. The number of rotatable bonds is 9. The zero-order valence-electron chi connectivity index (χ0n) is 15.7. The van der Waals surface area contributed by atoms with Crippen molar-refractivity contribution in [1.29, 1.82) is 0 Å². The molecule has 28 heavy (non-hydrogen) atoms. The quantitative estimate of drug-likeness (QED) is 0.590. The van der Waals surface area contributed by atoms with Crippen LogP contribution in [0.2, 0.25) is 0 Å². The van der Waals surface area contributed by atoms with Crippen molar-refractivity contribution in [2.24, 2.45) is 5.92 Å². The van der Waals surface area contributed by atoms with E-state index in [-0.39, 0.29) is 13.0 Å². The number of nitrogens with zero attached hydrogens (tertiary/aromatic N) is 1. The minimum absolute atomic E-state index is 0.0618. The van der Waals surface area contributed by atoms with Crippen molar-refractivity contribution in [3.63, 3.8) is 0 Å². The van der Waals surface area contributed by atoms with Crippen LogP contribution in [0.4, 0.5) is 8.78 Å². The highest BCUT2D eigenvalue weighted by Crippen LogP contribution is 2.40. The lowest BCUT2D eigenvalue weighted by molar-refractivity contribution is -0.142. The fourth-order valence-electron chi connectivity index (χ4n) is 3.01. The molecule has 1 saturated carbocycles. The van der Waals surface area contributed by atoms with E-state index in [0.717, 1.165) is 17.9 Å². The Morgan fingerprint density at radius 2 is 2.07 bits per heavy atom. The lowest BCUT2D eigenvalue weighted by Crippen LogP contribution is -2.16. The fraction of sp³-hybridized carbons (Fsp3) is 0.429. The number of pyridine rings is 1. The smallest absolute Gasteiger partial charge is 0.306 e. The molecule has 1 fully saturated rings. The second-order valence-electron chi connectivity index (χ2n) is 6.88. The van der Waals surface area contributed by atoms with Crippen LogP contribution in [0.1, 0.15) is 39.0 Å². The SMILES string of the molecule is CCC(CCOc1c(F)cc(-c2cccnc2SC2CCC2)cc1F)C(=O)O. The van der Waals surface area contributed by atoms with Gasteiger partial charge in [0.1, 0.15) is 5.03 Å². The molecule has 2 aromatic rings. The Balaban J connectivity index is 1.76. The lowest BCUT2D eigenvalue weighted by Gasteiger charge is -2.25. The molecule has 1 unspecified atom stereocenters. The Bertz CT molecular complexity index is 819. The largest absolute Gasteiger partial charge is 0.488 e. The van der Waals surface area contributed by atoms with Crippen LogP contribution in [-0.4, -0.2) is 27.9 Å². The number of ether oxygens (including phenoxy) is 1. The Morgan fingerprint density at radius 1 is 1.36 bits per heavy atom. The van der Waals surface area contributed by atoms with Gasteiger partial charge in [0.05, 0.1) is 12.5 Å². The molecule has 150 valence electrons. The molecule has 0 amide bonds. The van der Waals surface area contributed by atoms with E-state index in [0.29, 0.717) is 22.8 Å². The number of thioether (sulfide) groups is 1. The van der Waals surface area contributed by atoms with E-state index in [9.17, 15) is 13.6 Å². The van der Waals surface area contributed by atoms with Gasteiger partial charge in [-0.1, -0.05) is 19.4 Å². The molecule has 0 aliphatic heterocycles. The molecule has 0 spiro atoms. The van der Waals surface area contributed by atoms with Gasteiger partial charge >= 0.3 is 5.97 Å². The molecular weight excluding hydrogens is 384 g/mol. The van der Waals surface area contributed by atoms with Crippen LogP contribution in [0, 0.1) is 17.6 Å². The van der Waals surface area contributed by atoms with Crippen LogP contribution >= 0.6 is 11.8 Å². The van der Waals surface area contributed by atoms with Gasteiger partial charge in [-0.3, -0.25) is 4.79 Å². The summed E-state index contributed by atoms with van der Waals surface area (Å²) >= 11 is 1.65. The number of halogens is 2. The van der Waals surface area contributed by atoms with Crippen LogP contribution < -0.4 is 4.74 Å². The van der Waals surface area contributed by atoms with Gasteiger partial charge in [-0.25, -0.2) is 13.8 Å². The summed E-state index contributed by atoms with van der Waals surface area (Å²) in [5, 5.41) is 10.3. The van der Waals surface area contributed by atoms with Gasteiger partial charge in [0.2, 0.25) is 0 Å². The third kappa shape index (κ3) is 4.82. The highest BCUT2D eigenvalue weighted by molar-refractivity contribution is 8.00. The molecule has 0 bridgehead atoms. The summed E-state index contributed by atoms with van der Waals surface area (Å²) in [5.41, 5.74) is 1.11. The fourth-order valence-corrected chi connectivity index (χ4v) is 4.33. The first-order valence-electron chi connectivity index (χ1n) is 9.46. The van der Waals surface area contributed by atoms with Gasteiger partial charge in [-0.15, -0.1) is 11.8 Å². The third-order valence-electron chi connectivity index (χ3n) is 4.97. The summed E-state index contributed by atoms with van der Waals surface area (Å²) in [7, 11) is 0. The molecule has 1 aliphatic carbocycles. The van der Waals surface area contributed by atoms with Crippen LogP contribution in [-0.2, 0) is 4.79 Å². The van der Waals surface area contributed by atoms with Gasteiger partial charge in [-0.05, 0) is 49.4 Å². The van der Waals surface area contributed by atoms with Gasteiger partial charge in [0.25, 0.3) is 0 Å². The standard InChI is InChI=1S/C21H23F2NO3S/c1-2-13(21(25)26)8-10-27-19-17(22)11-14(12-18(19)23)16-7-4-9-24-20(16)28-15-5-3-6-15/h4,7,9,11-13,15H,2-3,5-6,8,10H2,1H3,(H,25,26). The van der Waals surface area contributed by atoms with Crippen molar-refractivity contribution in [3.05, 3.63) is 42.1 Å². The first-order chi connectivity index (χ1) is 13.5. The van der Waals surface area contributed by atoms with Crippen molar-refractivity contribution in [2.75, 3.05) is 6.61 Å². The van der Waals surface area contributed by atoms with Crippen molar-refractivity contribution < 1.29 is 23.4 Å². The molecule has 0 saturated heterocycles. The molecular formula is C21H23F2NO3S. The molecule has 3 rings (SSSR count). The Hall–Kier alpha value is -2.15. The van der Waals surface area contributed by atoms with E-state index in [2.05, 4.69) is 4.98 Å². The summed E-state index contributed by atoms with van der Waals surface area (Å²) in [5.74, 6) is -3.60. The second-order valence-corrected chi connectivity index (χ2v) is 8.17. The molecule has 1 heterocycles. The average Bonchev–Trinajstić information content (AvgIpc) is 2.63. The highest BCUT2D eigenvalue weighted by atomic mass is 32.2. The number of hydrogen-bond donors (Lipinski definition) is 1. The maximum absolute atomic E-state index is 14.5. The summed E-state index contributed by atoms with van der Waals surface area (Å²) < 4.78 is 34.3. The number of carboxylic acid groups (broad SMARTS) is 1. The van der Waals surface area contributed by atoms with Crippen molar-refractivity contribution in [1.82, 2.24) is 4.98 Å². The Morgan fingerprint density at radius 3 is 2.64 bits per heavy atom. The highest BCUT2D eigenvalue weighted by Gasteiger charge is 2.22. The summed E-state index contributed by atoms with van der Waals surface area (Å²) in [6, 6.07) is 6.04.